The van der Waals surface area contributed by atoms with Crippen molar-refractivity contribution in [1.82, 2.24) is 20.4 Å². The Balaban J connectivity index is 1.51. The molecule has 1 aliphatic carbocycles. The third-order valence-electron chi connectivity index (χ3n) is 5.62. The van der Waals surface area contributed by atoms with Crippen molar-refractivity contribution in [3.8, 4) is 0 Å². The lowest BCUT2D eigenvalue weighted by atomic mass is 9.75. The number of piperidine rings is 1. The number of carbonyl (C=O) groups excluding carboxylic acids is 1. The van der Waals surface area contributed by atoms with E-state index in [-0.39, 0.29) is 38.1 Å². The van der Waals surface area contributed by atoms with Gasteiger partial charge in [0.15, 0.2) is 5.82 Å². The van der Waals surface area contributed by atoms with Gasteiger partial charge in [-0.3, -0.25) is 0 Å². The molecule has 1 aromatic rings. The molecule has 2 aliphatic heterocycles. The fourth-order valence-corrected chi connectivity index (χ4v) is 3.82. The number of aryl methyl sites for hydroxylation is 1. The van der Waals surface area contributed by atoms with Gasteiger partial charge in [0.2, 0.25) is 0 Å². The maximum atomic E-state index is 14.8. The van der Waals surface area contributed by atoms with E-state index in [4.69, 9.17) is 0 Å². The average Bonchev–Trinajstić information content (AvgIpc) is 3.28. The first kappa shape index (κ1) is 16.5. The first-order valence-electron chi connectivity index (χ1n) is 8.87. The molecular weight excluding hydrogens is 328 g/mol. The van der Waals surface area contributed by atoms with Gasteiger partial charge < -0.3 is 15.1 Å². The lowest BCUT2D eigenvalue weighted by Crippen LogP contribution is -2.59. The van der Waals surface area contributed by atoms with Crippen LogP contribution in [0.15, 0.2) is 12.1 Å². The standard InChI is InChI=1S/C17H23F2N5O/c1-12-2-5-14(22-21-12)23-8-6-16(10-23)11-24(9-7-17(16,18)19)15(25)20-13-3-4-13/h2,5,13H,3-4,6-11H2,1H3,(H,20,25)/t16-/m1/s1. The van der Waals surface area contributed by atoms with Crippen LogP contribution in [-0.4, -0.2) is 59.3 Å². The summed E-state index contributed by atoms with van der Waals surface area (Å²) in [5, 5.41) is 11.1. The number of hydrogen-bond acceptors (Lipinski definition) is 4. The predicted molar refractivity (Wildman–Crippen MR) is 88.7 cm³/mol. The van der Waals surface area contributed by atoms with E-state index in [1.807, 2.05) is 24.0 Å². The summed E-state index contributed by atoms with van der Waals surface area (Å²) in [5.74, 6) is -2.16. The fraction of sp³-hybridized carbons (Fsp3) is 0.706. The first-order valence-corrected chi connectivity index (χ1v) is 8.87. The summed E-state index contributed by atoms with van der Waals surface area (Å²) < 4.78 is 29.6. The molecule has 0 bridgehead atoms. The quantitative estimate of drug-likeness (QED) is 0.887. The van der Waals surface area contributed by atoms with Crippen LogP contribution in [-0.2, 0) is 0 Å². The Kier molecular flexibility index (Phi) is 3.81. The Morgan fingerprint density at radius 3 is 2.68 bits per heavy atom. The van der Waals surface area contributed by atoms with Crippen LogP contribution in [0.25, 0.3) is 0 Å². The monoisotopic (exact) mass is 351 g/mol. The minimum absolute atomic E-state index is 0.0916. The lowest BCUT2D eigenvalue weighted by Gasteiger charge is -2.45. The number of hydrogen-bond donors (Lipinski definition) is 1. The fourth-order valence-electron chi connectivity index (χ4n) is 3.82. The molecule has 0 radical (unpaired) electrons. The van der Waals surface area contributed by atoms with Crippen molar-refractivity contribution in [2.45, 2.75) is 44.6 Å². The van der Waals surface area contributed by atoms with E-state index < -0.39 is 11.3 Å². The molecule has 0 aromatic carbocycles. The first-order chi connectivity index (χ1) is 11.9. The Labute approximate surface area is 145 Å². The van der Waals surface area contributed by atoms with E-state index in [9.17, 15) is 13.6 Å². The number of alkyl halides is 2. The summed E-state index contributed by atoms with van der Waals surface area (Å²) in [5.41, 5.74) is -0.415. The van der Waals surface area contributed by atoms with Crippen molar-refractivity contribution in [3.05, 3.63) is 17.8 Å². The maximum Gasteiger partial charge on any atom is 0.317 e. The summed E-state index contributed by atoms with van der Waals surface area (Å²) in [6.45, 7) is 2.75. The van der Waals surface area contributed by atoms with E-state index in [1.165, 1.54) is 0 Å². The number of anilines is 1. The summed E-state index contributed by atoms with van der Waals surface area (Å²) in [7, 11) is 0. The molecule has 1 saturated carbocycles. The van der Waals surface area contributed by atoms with Gasteiger partial charge in [-0.1, -0.05) is 0 Å². The van der Waals surface area contributed by atoms with Gasteiger partial charge in [0, 0.05) is 38.6 Å². The van der Waals surface area contributed by atoms with Gasteiger partial charge in [0.05, 0.1) is 11.1 Å². The largest absolute Gasteiger partial charge is 0.354 e. The Hall–Kier alpha value is -1.99. The van der Waals surface area contributed by atoms with E-state index in [2.05, 4.69) is 15.5 Å². The highest BCUT2D eigenvalue weighted by Crippen LogP contribution is 2.50. The van der Waals surface area contributed by atoms with Crippen LogP contribution in [0.5, 0.6) is 0 Å². The lowest BCUT2D eigenvalue weighted by molar-refractivity contribution is -0.149. The normalized spacial score (nSPS) is 28.4. The smallest absolute Gasteiger partial charge is 0.317 e. The van der Waals surface area contributed by atoms with Gasteiger partial charge in [0.1, 0.15) is 0 Å². The Morgan fingerprint density at radius 1 is 1.20 bits per heavy atom. The van der Waals surface area contributed by atoms with Crippen molar-refractivity contribution in [2.24, 2.45) is 5.41 Å². The van der Waals surface area contributed by atoms with Crippen LogP contribution >= 0.6 is 0 Å². The highest BCUT2D eigenvalue weighted by atomic mass is 19.3. The van der Waals surface area contributed by atoms with Crippen molar-refractivity contribution in [2.75, 3.05) is 31.1 Å². The number of amides is 2. The van der Waals surface area contributed by atoms with Gasteiger partial charge in [-0.15, -0.1) is 5.10 Å². The van der Waals surface area contributed by atoms with Gasteiger partial charge in [0.25, 0.3) is 5.92 Å². The van der Waals surface area contributed by atoms with Gasteiger partial charge in [-0.05, 0) is 38.3 Å². The molecule has 1 spiro atoms. The van der Waals surface area contributed by atoms with Crippen LogP contribution < -0.4 is 10.2 Å². The van der Waals surface area contributed by atoms with Crippen LogP contribution in [0.2, 0.25) is 0 Å². The highest BCUT2D eigenvalue weighted by molar-refractivity contribution is 5.75. The molecule has 0 unspecified atom stereocenters. The molecule has 4 rings (SSSR count). The molecule has 25 heavy (non-hydrogen) atoms. The van der Waals surface area contributed by atoms with Crippen LogP contribution in [0.4, 0.5) is 19.4 Å². The minimum Gasteiger partial charge on any atom is -0.354 e. The molecule has 2 saturated heterocycles. The second kappa shape index (κ2) is 5.78. The topological polar surface area (TPSA) is 61.4 Å². The maximum absolute atomic E-state index is 14.8. The molecule has 1 N–H and O–H groups in total. The van der Waals surface area contributed by atoms with E-state index in [0.29, 0.717) is 18.8 Å². The molecule has 2 amide bonds. The zero-order valence-corrected chi connectivity index (χ0v) is 14.3. The molecule has 1 atom stereocenters. The zero-order valence-electron chi connectivity index (χ0n) is 14.3. The zero-order chi connectivity index (χ0) is 17.7. The molecule has 3 aliphatic rings. The predicted octanol–water partition coefficient (Wildman–Crippen LogP) is 2.19. The number of carbonyl (C=O) groups is 1. The number of halogens is 2. The van der Waals surface area contributed by atoms with Crippen LogP contribution in [0.3, 0.4) is 0 Å². The molecular formula is C17H23F2N5O. The number of rotatable bonds is 2. The van der Waals surface area contributed by atoms with Crippen molar-refractivity contribution < 1.29 is 13.6 Å². The molecule has 3 heterocycles. The Bertz CT molecular complexity index is 664. The van der Waals surface area contributed by atoms with E-state index in [1.54, 1.807) is 4.90 Å². The third kappa shape index (κ3) is 3.02. The number of aromatic nitrogens is 2. The molecule has 8 heteroatoms. The average molecular weight is 351 g/mol. The Morgan fingerprint density at radius 2 is 2.00 bits per heavy atom. The van der Waals surface area contributed by atoms with E-state index >= 15 is 0 Å². The summed E-state index contributed by atoms with van der Waals surface area (Å²) in [6.07, 6.45) is 2.04. The second-order valence-electron chi connectivity index (χ2n) is 7.58. The highest BCUT2D eigenvalue weighted by Gasteiger charge is 2.60. The molecule has 136 valence electrons. The van der Waals surface area contributed by atoms with Crippen molar-refractivity contribution in [1.29, 1.82) is 0 Å². The second-order valence-corrected chi connectivity index (χ2v) is 7.58. The minimum atomic E-state index is -2.78. The SMILES string of the molecule is Cc1ccc(N2CC[C@]3(CN(C(=O)NC4CC4)CCC3(F)F)C2)nn1. The number of urea groups is 1. The van der Waals surface area contributed by atoms with Crippen molar-refractivity contribution in [3.63, 3.8) is 0 Å². The number of nitrogens with one attached hydrogen (secondary N) is 1. The molecule has 3 fully saturated rings. The third-order valence-corrected chi connectivity index (χ3v) is 5.62. The number of nitrogens with zero attached hydrogens (tertiary/aromatic N) is 4. The van der Waals surface area contributed by atoms with Crippen LogP contribution in [0, 0.1) is 12.3 Å². The molecule has 1 aromatic heterocycles. The van der Waals surface area contributed by atoms with Crippen LogP contribution in [0.1, 0.15) is 31.4 Å². The summed E-state index contributed by atoms with van der Waals surface area (Å²) >= 11 is 0. The molecule has 6 nitrogen and oxygen atoms in total. The summed E-state index contributed by atoms with van der Waals surface area (Å²) in [4.78, 5) is 15.8. The number of likely N-dealkylation sites (tertiary alicyclic amines) is 1. The van der Waals surface area contributed by atoms with Gasteiger partial charge >= 0.3 is 6.03 Å². The van der Waals surface area contributed by atoms with Gasteiger partial charge in [-0.2, -0.15) is 5.10 Å². The summed E-state index contributed by atoms with van der Waals surface area (Å²) in [6, 6.07) is 3.68. The van der Waals surface area contributed by atoms with Gasteiger partial charge in [-0.25, -0.2) is 13.6 Å². The van der Waals surface area contributed by atoms with Crippen molar-refractivity contribution >= 4 is 11.8 Å². The van der Waals surface area contributed by atoms with E-state index in [0.717, 1.165) is 18.5 Å².